The molecule has 0 saturated carbocycles. The van der Waals surface area contributed by atoms with E-state index in [0.29, 0.717) is 6.61 Å². The Bertz CT molecular complexity index is 531. The number of benzene rings is 1. The molecule has 2 aliphatic rings. The minimum absolute atomic E-state index is 0.402. The van der Waals surface area contributed by atoms with Gasteiger partial charge in [-0.3, -0.25) is 4.99 Å². The Morgan fingerprint density at radius 1 is 1.44 bits per heavy atom. The van der Waals surface area contributed by atoms with Crippen molar-refractivity contribution in [2.75, 3.05) is 6.61 Å². The second-order valence-electron chi connectivity index (χ2n) is 3.74. The van der Waals surface area contributed by atoms with Gasteiger partial charge in [0.15, 0.2) is 6.04 Å². The zero-order chi connectivity index (χ0) is 11.1. The molecule has 80 valence electrons. The summed E-state index contributed by atoms with van der Waals surface area (Å²) in [6.45, 7) is 0.402. The molecule has 0 saturated heterocycles. The van der Waals surface area contributed by atoms with Crippen LogP contribution in [0.3, 0.4) is 0 Å². The highest BCUT2D eigenvalue weighted by Crippen LogP contribution is 2.37. The monoisotopic (exact) mass is 215 g/mol. The fourth-order valence-corrected chi connectivity index (χ4v) is 2.08. The van der Waals surface area contributed by atoms with Gasteiger partial charge in [0.05, 0.1) is 0 Å². The highest BCUT2D eigenvalue weighted by molar-refractivity contribution is 6.07. The summed E-state index contributed by atoms with van der Waals surface area (Å²) < 4.78 is 5.52. The van der Waals surface area contributed by atoms with Crippen LogP contribution >= 0.6 is 0 Å². The maximum atomic E-state index is 11.1. The second-order valence-corrected chi connectivity index (χ2v) is 3.74. The van der Waals surface area contributed by atoms with Crippen LogP contribution in [0.25, 0.3) is 5.57 Å². The third kappa shape index (κ3) is 1.16. The molecular formula is C12H9NO3. The minimum atomic E-state index is -0.919. The quantitative estimate of drug-likeness (QED) is 0.769. The van der Waals surface area contributed by atoms with E-state index in [2.05, 4.69) is 4.99 Å². The predicted octanol–water partition coefficient (Wildman–Crippen LogP) is 1.37. The standard InChI is InChI=1S/C12H9NO3/c14-12(15)11-10-7(5-13-11)6-16-9-4-2-1-3-8(9)10/h1-5,11H,6H2,(H,14,15). The molecule has 2 aliphatic heterocycles. The molecular weight excluding hydrogens is 206 g/mol. The van der Waals surface area contributed by atoms with Gasteiger partial charge in [-0.05, 0) is 6.07 Å². The van der Waals surface area contributed by atoms with Gasteiger partial charge in [0, 0.05) is 22.9 Å². The Morgan fingerprint density at radius 3 is 3.06 bits per heavy atom. The van der Waals surface area contributed by atoms with E-state index >= 15 is 0 Å². The number of carboxylic acid groups (broad SMARTS) is 1. The molecule has 0 aliphatic carbocycles. The Labute approximate surface area is 91.9 Å². The van der Waals surface area contributed by atoms with Crippen LogP contribution < -0.4 is 4.74 Å². The van der Waals surface area contributed by atoms with Crippen molar-refractivity contribution in [3.63, 3.8) is 0 Å². The summed E-state index contributed by atoms with van der Waals surface area (Å²) in [5, 5.41) is 9.09. The third-order valence-corrected chi connectivity index (χ3v) is 2.79. The van der Waals surface area contributed by atoms with Crippen LogP contribution in [0.5, 0.6) is 5.75 Å². The summed E-state index contributed by atoms with van der Waals surface area (Å²) in [6.07, 6.45) is 1.60. The molecule has 16 heavy (non-hydrogen) atoms. The second kappa shape index (κ2) is 3.20. The number of hydrogen-bond donors (Lipinski definition) is 1. The lowest BCUT2D eigenvalue weighted by atomic mass is 9.94. The zero-order valence-corrected chi connectivity index (χ0v) is 8.38. The first-order valence-electron chi connectivity index (χ1n) is 4.98. The van der Waals surface area contributed by atoms with E-state index in [1.54, 1.807) is 6.21 Å². The molecule has 1 aromatic rings. The Kier molecular flexibility index (Phi) is 1.83. The summed E-state index contributed by atoms with van der Waals surface area (Å²) >= 11 is 0. The molecule has 4 nitrogen and oxygen atoms in total. The number of hydrogen-bond acceptors (Lipinski definition) is 3. The number of carboxylic acids is 1. The van der Waals surface area contributed by atoms with Gasteiger partial charge in [-0.1, -0.05) is 18.2 Å². The smallest absolute Gasteiger partial charge is 0.333 e. The van der Waals surface area contributed by atoms with Crippen molar-refractivity contribution >= 4 is 17.8 Å². The van der Waals surface area contributed by atoms with Crippen LogP contribution in [-0.2, 0) is 4.79 Å². The van der Waals surface area contributed by atoms with Crippen LogP contribution in [0, 0.1) is 0 Å². The van der Waals surface area contributed by atoms with Gasteiger partial charge in [-0.25, -0.2) is 4.79 Å². The molecule has 1 N–H and O–H groups in total. The SMILES string of the molecule is O=C(O)C1N=CC2=C1c1ccccc1OC2. The molecule has 0 aromatic heterocycles. The lowest BCUT2D eigenvalue weighted by Crippen LogP contribution is -2.21. The molecule has 3 rings (SSSR count). The average Bonchev–Trinajstić information content (AvgIpc) is 2.73. The number of para-hydroxylation sites is 1. The predicted molar refractivity (Wildman–Crippen MR) is 58.8 cm³/mol. The van der Waals surface area contributed by atoms with Gasteiger partial charge < -0.3 is 9.84 Å². The van der Waals surface area contributed by atoms with Crippen molar-refractivity contribution < 1.29 is 14.6 Å². The van der Waals surface area contributed by atoms with E-state index in [-0.39, 0.29) is 0 Å². The minimum Gasteiger partial charge on any atom is -0.488 e. The summed E-state index contributed by atoms with van der Waals surface area (Å²) in [7, 11) is 0. The molecule has 0 fully saturated rings. The first kappa shape index (κ1) is 9.15. The summed E-state index contributed by atoms with van der Waals surface area (Å²) in [4.78, 5) is 15.1. The zero-order valence-electron chi connectivity index (χ0n) is 8.38. The average molecular weight is 215 g/mol. The number of fused-ring (bicyclic) bond motifs is 2. The summed E-state index contributed by atoms with van der Waals surface area (Å²) in [5.74, 6) is -0.184. The van der Waals surface area contributed by atoms with Crippen LogP contribution in [0.15, 0.2) is 34.8 Å². The van der Waals surface area contributed by atoms with Gasteiger partial charge in [-0.2, -0.15) is 0 Å². The van der Waals surface area contributed by atoms with Crippen molar-refractivity contribution in [1.82, 2.24) is 0 Å². The number of nitrogens with zero attached hydrogens (tertiary/aromatic N) is 1. The molecule has 0 spiro atoms. The maximum absolute atomic E-state index is 11.1. The van der Waals surface area contributed by atoms with Crippen molar-refractivity contribution in [1.29, 1.82) is 0 Å². The Morgan fingerprint density at radius 2 is 2.25 bits per heavy atom. The van der Waals surface area contributed by atoms with Gasteiger partial charge in [0.1, 0.15) is 12.4 Å². The normalized spacial score (nSPS) is 21.4. The van der Waals surface area contributed by atoms with Crippen LogP contribution in [0.2, 0.25) is 0 Å². The Hall–Kier alpha value is -2.10. The molecule has 1 aromatic carbocycles. The van der Waals surface area contributed by atoms with Crippen LogP contribution in [0.4, 0.5) is 0 Å². The van der Waals surface area contributed by atoms with Crippen LogP contribution in [0.1, 0.15) is 5.56 Å². The van der Waals surface area contributed by atoms with E-state index in [4.69, 9.17) is 9.84 Å². The highest BCUT2D eigenvalue weighted by atomic mass is 16.5. The third-order valence-electron chi connectivity index (χ3n) is 2.79. The number of rotatable bonds is 1. The first-order chi connectivity index (χ1) is 7.77. The summed E-state index contributed by atoms with van der Waals surface area (Å²) in [5.41, 5.74) is 2.48. The van der Waals surface area contributed by atoms with Crippen LogP contribution in [-0.4, -0.2) is 29.9 Å². The molecule has 2 heterocycles. The van der Waals surface area contributed by atoms with Gasteiger partial charge >= 0.3 is 5.97 Å². The molecule has 4 heteroatoms. The lowest BCUT2D eigenvalue weighted by Gasteiger charge is -2.20. The van der Waals surface area contributed by atoms with Gasteiger partial charge in [0.25, 0.3) is 0 Å². The fraction of sp³-hybridized carbons (Fsp3) is 0.167. The van der Waals surface area contributed by atoms with E-state index in [0.717, 1.165) is 22.5 Å². The van der Waals surface area contributed by atoms with Crippen molar-refractivity contribution in [3.05, 3.63) is 35.4 Å². The number of carbonyl (C=O) groups is 1. The molecule has 0 bridgehead atoms. The molecule has 0 amide bonds. The topological polar surface area (TPSA) is 58.9 Å². The number of aliphatic imine (C=N–C) groups is 1. The van der Waals surface area contributed by atoms with Crippen molar-refractivity contribution in [2.45, 2.75) is 6.04 Å². The first-order valence-corrected chi connectivity index (χ1v) is 4.98. The largest absolute Gasteiger partial charge is 0.488 e. The van der Waals surface area contributed by atoms with E-state index in [1.165, 1.54) is 0 Å². The molecule has 1 atom stereocenters. The van der Waals surface area contributed by atoms with Crippen molar-refractivity contribution in [2.24, 2.45) is 4.99 Å². The van der Waals surface area contributed by atoms with Gasteiger partial charge in [0.2, 0.25) is 0 Å². The van der Waals surface area contributed by atoms with Gasteiger partial charge in [-0.15, -0.1) is 0 Å². The highest BCUT2D eigenvalue weighted by Gasteiger charge is 2.33. The number of aliphatic carboxylic acids is 1. The maximum Gasteiger partial charge on any atom is 0.333 e. The van der Waals surface area contributed by atoms with E-state index < -0.39 is 12.0 Å². The molecule has 1 unspecified atom stereocenters. The Balaban J connectivity index is 2.16. The van der Waals surface area contributed by atoms with E-state index in [1.807, 2.05) is 24.3 Å². The lowest BCUT2D eigenvalue weighted by molar-refractivity contribution is -0.136. The van der Waals surface area contributed by atoms with E-state index in [9.17, 15) is 4.79 Å². The molecule has 0 radical (unpaired) electrons. The van der Waals surface area contributed by atoms with Crippen molar-refractivity contribution in [3.8, 4) is 5.75 Å². The number of ether oxygens (including phenoxy) is 1. The fourth-order valence-electron chi connectivity index (χ4n) is 2.08. The summed E-state index contributed by atoms with van der Waals surface area (Å²) in [6, 6.07) is 6.68.